The second-order valence-electron chi connectivity index (χ2n) is 4.99. The maximum absolute atomic E-state index is 11.7. The second kappa shape index (κ2) is 6.83. The normalized spacial score (nSPS) is 13.5. The number of hydrogen-bond acceptors (Lipinski definition) is 8. The summed E-state index contributed by atoms with van der Waals surface area (Å²) in [6.07, 6.45) is 0.271. The number of aromatic nitrogens is 2. The number of nitrogens with two attached hydrogens (primary N) is 1. The van der Waals surface area contributed by atoms with Crippen molar-refractivity contribution in [3.8, 4) is 0 Å². The molecule has 1 aromatic heterocycles. The average Bonchev–Trinajstić information content (AvgIpc) is 2.83. The molecule has 0 saturated heterocycles. The molecule has 1 aliphatic rings. The van der Waals surface area contributed by atoms with Crippen LogP contribution in [0.15, 0.2) is 4.79 Å². The number of amides is 1. The van der Waals surface area contributed by atoms with Crippen LogP contribution in [0.1, 0.15) is 12.8 Å². The second-order valence-corrected chi connectivity index (χ2v) is 6.56. The van der Waals surface area contributed by atoms with E-state index in [-0.39, 0.29) is 36.8 Å². The molecule has 11 nitrogen and oxygen atoms in total. The van der Waals surface area contributed by atoms with Crippen LogP contribution in [0.3, 0.4) is 0 Å². The van der Waals surface area contributed by atoms with Crippen molar-refractivity contribution in [3.63, 3.8) is 0 Å². The van der Waals surface area contributed by atoms with Crippen molar-refractivity contribution in [3.05, 3.63) is 10.4 Å². The Kier molecular flexibility index (Phi) is 5.05. The number of carbonyl (C=O) groups is 1. The molecule has 0 atom stereocenters. The van der Waals surface area contributed by atoms with E-state index >= 15 is 0 Å². The van der Waals surface area contributed by atoms with Crippen molar-refractivity contribution in [2.24, 2.45) is 0 Å². The van der Waals surface area contributed by atoms with Crippen LogP contribution in [0.25, 0.3) is 0 Å². The van der Waals surface area contributed by atoms with Crippen LogP contribution in [0, 0.1) is 0 Å². The smallest absolute Gasteiger partial charge is 0.277 e. The van der Waals surface area contributed by atoms with Gasteiger partial charge in [0.25, 0.3) is 15.7 Å². The molecule has 0 radical (unpaired) electrons. The molecule has 2 heterocycles. The van der Waals surface area contributed by atoms with E-state index in [1.165, 1.54) is 0 Å². The molecule has 1 amide bonds. The highest BCUT2D eigenvalue weighted by molar-refractivity contribution is 7.85. The largest absolute Gasteiger partial charge is 0.369 e. The van der Waals surface area contributed by atoms with Crippen molar-refractivity contribution < 1.29 is 17.8 Å². The molecule has 12 heteroatoms. The SMILES string of the molecule is Nc1nc2c(c(=O)[nH]1)NCN2CCC(=O)NCCCS(=O)(=O)O. The molecule has 0 bridgehead atoms. The number of nitrogens with one attached hydrogen (secondary N) is 3. The average molecular weight is 346 g/mol. The first kappa shape index (κ1) is 17.0. The zero-order valence-electron chi connectivity index (χ0n) is 12.2. The van der Waals surface area contributed by atoms with Crippen molar-refractivity contribution in [2.75, 3.05) is 41.5 Å². The van der Waals surface area contributed by atoms with E-state index in [0.29, 0.717) is 24.7 Å². The molecule has 128 valence electrons. The highest BCUT2D eigenvalue weighted by atomic mass is 32.2. The molecule has 1 aliphatic heterocycles. The standard InChI is InChI=1S/C11H18N6O5S/c12-11-15-9-8(10(19)16-11)14-6-17(9)4-2-7(18)13-3-1-5-23(20,21)22/h14H,1-6H2,(H,13,18)(H,20,21,22)(H3,12,15,16,19). The van der Waals surface area contributed by atoms with Gasteiger partial charge >= 0.3 is 0 Å². The molecule has 23 heavy (non-hydrogen) atoms. The lowest BCUT2D eigenvalue weighted by atomic mass is 10.3. The lowest BCUT2D eigenvalue weighted by molar-refractivity contribution is -0.120. The number of anilines is 3. The molecular formula is C11H18N6O5S. The highest BCUT2D eigenvalue weighted by Gasteiger charge is 2.23. The van der Waals surface area contributed by atoms with Crippen molar-refractivity contribution in [1.82, 2.24) is 15.3 Å². The molecule has 1 aromatic rings. The molecule has 0 spiro atoms. The van der Waals surface area contributed by atoms with E-state index in [9.17, 15) is 18.0 Å². The first-order valence-corrected chi connectivity index (χ1v) is 8.47. The third-order valence-electron chi connectivity index (χ3n) is 3.17. The quantitative estimate of drug-likeness (QED) is 0.286. The van der Waals surface area contributed by atoms with Gasteiger partial charge in [-0.05, 0) is 6.42 Å². The Balaban J connectivity index is 1.80. The fraction of sp³-hybridized carbons (Fsp3) is 0.545. The number of aromatic amines is 1. The molecule has 0 aliphatic carbocycles. The minimum atomic E-state index is -4.01. The van der Waals surface area contributed by atoms with Crippen LogP contribution in [0.5, 0.6) is 0 Å². The summed E-state index contributed by atoms with van der Waals surface area (Å²) in [7, 11) is -4.01. The Morgan fingerprint density at radius 1 is 1.48 bits per heavy atom. The van der Waals surface area contributed by atoms with Crippen molar-refractivity contribution in [1.29, 1.82) is 0 Å². The topological polar surface area (TPSA) is 171 Å². The minimum absolute atomic E-state index is 0.00267. The van der Waals surface area contributed by atoms with Gasteiger partial charge in [-0.3, -0.25) is 19.1 Å². The number of nitrogen functional groups attached to an aromatic ring is 1. The number of nitrogens with zero attached hydrogens (tertiary/aromatic N) is 2. The minimum Gasteiger partial charge on any atom is -0.369 e. The Bertz CT molecular complexity index is 746. The van der Waals surface area contributed by atoms with Crippen LogP contribution in [-0.2, 0) is 14.9 Å². The summed E-state index contributed by atoms with van der Waals surface area (Å²) < 4.78 is 29.6. The molecule has 0 aromatic carbocycles. The zero-order valence-corrected chi connectivity index (χ0v) is 13.0. The summed E-state index contributed by atoms with van der Waals surface area (Å²) in [6.45, 7) is 0.809. The van der Waals surface area contributed by atoms with E-state index < -0.39 is 15.9 Å². The molecule has 0 unspecified atom stereocenters. The third-order valence-corrected chi connectivity index (χ3v) is 3.98. The Labute approximate surface area is 132 Å². The van der Waals surface area contributed by atoms with Gasteiger partial charge in [-0.1, -0.05) is 0 Å². The zero-order chi connectivity index (χ0) is 17.0. The Morgan fingerprint density at radius 3 is 2.91 bits per heavy atom. The monoisotopic (exact) mass is 346 g/mol. The number of carbonyl (C=O) groups excluding carboxylic acids is 1. The molecule has 0 saturated carbocycles. The molecule has 0 fully saturated rings. The fourth-order valence-electron chi connectivity index (χ4n) is 2.11. The summed E-state index contributed by atoms with van der Waals surface area (Å²) in [4.78, 5) is 31.5. The van der Waals surface area contributed by atoms with E-state index in [0.717, 1.165) is 0 Å². The first-order chi connectivity index (χ1) is 10.8. The number of hydrogen-bond donors (Lipinski definition) is 5. The van der Waals surface area contributed by atoms with Gasteiger partial charge in [0.1, 0.15) is 5.69 Å². The predicted octanol–water partition coefficient (Wildman–Crippen LogP) is -1.67. The summed E-state index contributed by atoms with van der Waals surface area (Å²) >= 11 is 0. The van der Waals surface area contributed by atoms with Gasteiger partial charge in [0.05, 0.1) is 12.4 Å². The van der Waals surface area contributed by atoms with Gasteiger partial charge < -0.3 is 21.3 Å². The van der Waals surface area contributed by atoms with Gasteiger partial charge in [-0.2, -0.15) is 13.4 Å². The van der Waals surface area contributed by atoms with Crippen LogP contribution in [-0.4, -0.2) is 54.4 Å². The Morgan fingerprint density at radius 2 is 2.22 bits per heavy atom. The van der Waals surface area contributed by atoms with E-state index in [1.807, 2.05) is 0 Å². The van der Waals surface area contributed by atoms with Crippen LogP contribution >= 0.6 is 0 Å². The fourth-order valence-corrected chi connectivity index (χ4v) is 2.62. The first-order valence-electron chi connectivity index (χ1n) is 6.87. The Hall–Kier alpha value is -2.34. The molecular weight excluding hydrogens is 328 g/mol. The van der Waals surface area contributed by atoms with Crippen LogP contribution in [0.2, 0.25) is 0 Å². The molecule has 2 rings (SSSR count). The van der Waals surface area contributed by atoms with E-state index in [2.05, 4.69) is 20.6 Å². The van der Waals surface area contributed by atoms with Crippen LogP contribution < -0.4 is 26.8 Å². The van der Waals surface area contributed by atoms with Gasteiger partial charge in [-0.25, -0.2) is 0 Å². The van der Waals surface area contributed by atoms with Gasteiger partial charge in [-0.15, -0.1) is 0 Å². The van der Waals surface area contributed by atoms with Crippen LogP contribution in [0.4, 0.5) is 17.5 Å². The van der Waals surface area contributed by atoms with E-state index in [4.69, 9.17) is 10.3 Å². The summed E-state index contributed by atoms with van der Waals surface area (Å²) in [6, 6.07) is 0. The maximum atomic E-state index is 11.7. The predicted molar refractivity (Wildman–Crippen MR) is 83.8 cm³/mol. The van der Waals surface area contributed by atoms with Gasteiger partial charge in [0.15, 0.2) is 5.82 Å². The maximum Gasteiger partial charge on any atom is 0.277 e. The third kappa shape index (κ3) is 4.82. The highest BCUT2D eigenvalue weighted by Crippen LogP contribution is 2.25. The summed E-state index contributed by atoms with van der Waals surface area (Å²) in [5.74, 6) is -0.281. The van der Waals surface area contributed by atoms with Gasteiger partial charge in [0, 0.05) is 19.5 Å². The lowest BCUT2D eigenvalue weighted by Gasteiger charge is -2.16. The number of rotatable bonds is 7. The van der Waals surface area contributed by atoms with E-state index in [1.54, 1.807) is 4.90 Å². The summed E-state index contributed by atoms with van der Waals surface area (Å²) in [5, 5.41) is 5.43. The van der Waals surface area contributed by atoms with Gasteiger partial charge in [0.2, 0.25) is 11.9 Å². The molecule has 6 N–H and O–H groups in total. The number of H-pyrrole nitrogens is 1. The summed E-state index contributed by atoms with van der Waals surface area (Å²) in [5.41, 5.74) is 5.44. The lowest BCUT2D eigenvalue weighted by Crippen LogP contribution is -2.32. The number of fused-ring (bicyclic) bond motifs is 1. The van der Waals surface area contributed by atoms with Crippen molar-refractivity contribution >= 4 is 33.5 Å². The van der Waals surface area contributed by atoms with Crippen molar-refractivity contribution in [2.45, 2.75) is 12.8 Å².